The van der Waals surface area contributed by atoms with Crippen molar-refractivity contribution in [3.63, 3.8) is 0 Å². The first-order chi connectivity index (χ1) is 7.75. The van der Waals surface area contributed by atoms with E-state index >= 15 is 0 Å². The van der Waals surface area contributed by atoms with Gasteiger partial charge in [-0.2, -0.15) is 0 Å². The van der Waals surface area contributed by atoms with Crippen LogP contribution in [0.15, 0.2) is 41.3 Å². The Morgan fingerprint density at radius 3 is 3.00 bits per heavy atom. The number of benzene rings is 1. The lowest BCUT2D eigenvalue weighted by Gasteiger charge is -2.16. The standard InChI is InChI=1S/C14H18OS/c1-11(15)12-6-5-9-14(10-12)16-13-7-3-2-4-8-13/h3,5-7,9-11,13,15H,2,4,8H2,1H3. The molecule has 2 unspecified atom stereocenters. The monoisotopic (exact) mass is 234 g/mol. The number of hydrogen-bond acceptors (Lipinski definition) is 2. The zero-order valence-corrected chi connectivity index (χ0v) is 10.4. The van der Waals surface area contributed by atoms with Crippen molar-refractivity contribution < 1.29 is 5.11 Å². The highest BCUT2D eigenvalue weighted by atomic mass is 32.2. The van der Waals surface area contributed by atoms with Gasteiger partial charge in [0.15, 0.2) is 0 Å². The molecule has 1 N–H and O–H groups in total. The quantitative estimate of drug-likeness (QED) is 0.799. The number of rotatable bonds is 3. The average molecular weight is 234 g/mol. The van der Waals surface area contributed by atoms with Crippen molar-refractivity contribution >= 4 is 11.8 Å². The van der Waals surface area contributed by atoms with E-state index in [9.17, 15) is 5.11 Å². The van der Waals surface area contributed by atoms with Gasteiger partial charge in [0.2, 0.25) is 0 Å². The summed E-state index contributed by atoms with van der Waals surface area (Å²) in [5, 5.41) is 10.1. The Bertz CT molecular complexity index is 371. The molecule has 1 nitrogen and oxygen atoms in total. The van der Waals surface area contributed by atoms with Crippen molar-refractivity contribution in [1.82, 2.24) is 0 Å². The van der Waals surface area contributed by atoms with E-state index in [1.165, 1.54) is 24.2 Å². The van der Waals surface area contributed by atoms with Crippen LogP contribution >= 0.6 is 11.8 Å². The molecule has 0 saturated carbocycles. The molecule has 86 valence electrons. The molecule has 0 saturated heterocycles. The Kier molecular flexibility index (Phi) is 4.08. The summed E-state index contributed by atoms with van der Waals surface area (Å²) in [4.78, 5) is 1.26. The molecule has 0 aromatic heterocycles. The minimum atomic E-state index is -0.373. The molecular weight excluding hydrogens is 216 g/mol. The van der Waals surface area contributed by atoms with Crippen LogP contribution in [0.1, 0.15) is 37.9 Å². The van der Waals surface area contributed by atoms with Gasteiger partial charge in [0.05, 0.1) is 6.10 Å². The molecule has 1 aromatic carbocycles. The zero-order valence-electron chi connectivity index (χ0n) is 9.60. The van der Waals surface area contributed by atoms with Crippen LogP contribution in [-0.4, -0.2) is 10.4 Å². The van der Waals surface area contributed by atoms with Crippen LogP contribution in [0.4, 0.5) is 0 Å². The van der Waals surface area contributed by atoms with Gasteiger partial charge in [-0.15, -0.1) is 11.8 Å². The van der Waals surface area contributed by atoms with Gasteiger partial charge in [-0.3, -0.25) is 0 Å². The van der Waals surface area contributed by atoms with Crippen molar-refractivity contribution in [3.05, 3.63) is 42.0 Å². The van der Waals surface area contributed by atoms with Crippen LogP contribution in [0.25, 0.3) is 0 Å². The molecule has 0 spiro atoms. The van der Waals surface area contributed by atoms with E-state index in [1.54, 1.807) is 0 Å². The summed E-state index contributed by atoms with van der Waals surface area (Å²) >= 11 is 1.90. The largest absolute Gasteiger partial charge is 0.389 e. The number of thioether (sulfide) groups is 1. The van der Waals surface area contributed by atoms with Gasteiger partial charge in [0, 0.05) is 10.1 Å². The maximum absolute atomic E-state index is 9.53. The van der Waals surface area contributed by atoms with Gasteiger partial charge in [0.1, 0.15) is 0 Å². The molecule has 0 heterocycles. The summed E-state index contributed by atoms with van der Waals surface area (Å²) in [6, 6.07) is 8.22. The summed E-state index contributed by atoms with van der Waals surface area (Å²) in [7, 11) is 0. The highest BCUT2D eigenvalue weighted by Crippen LogP contribution is 2.31. The van der Waals surface area contributed by atoms with Crippen LogP contribution in [0, 0.1) is 0 Å². The maximum atomic E-state index is 9.53. The Balaban J connectivity index is 2.06. The minimum Gasteiger partial charge on any atom is -0.389 e. The lowest BCUT2D eigenvalue weighted by atomic mass is 10.1. The maximum Gasteiger partial charge on any atom is 0.0762 e. The van der Waals surface area contributed by atoms with E-state index in [4.69, 9.17) is 0 Å². The van der Waals surface area contributed by atoms with Gasteiger partial charge in [-0.05, 0) is 43.9 Å². The fraction of sp³-hybridized carbons (Fsp3) is 0.429. The molecule has 2 rings (SSSR count). The zero-order chi connectivity index (χ0) is 11.4. The van der Waals surface area contributed by atoms with Crippen LogP contribution in [0.3, 0.4) is 0 Å². The van der Waals surface area contributed by atoms with Gasteiger partial charge < -0.3 is 5.11 Å². The fourth-order valence-electron chi connectivity index (χ4n) is 1.90. The van der Waals surface area contributed by atoms with Crippen LogP contribution in [0.2, 0.25) is 0 Å². The molecule has 0 fully saturated rings. The Morgan fingerprint density at radius 1 is 1.44 bits per heavy atom. The second kappa shape index (κ2) is 5.55. The van der Waals surface area contributed by atoms with Crippen molar-refractivity contribution in [2.75, 3.05) is 0 Å². The third kappa shape index (κ3) is 3.13. The minimum absolute atomic E-state index is 0.373. The third-order valence-electron chi connectivity index (χ3n) is 2.84. The smallest absolute Gasteiger partial charge is 0.0762 e. The van der Waals surface area contributed by atoms with Gasteiger partial charge in [-0.1, -0.05) is 24.3 Å². The number of allylic oxidation sites excluding steroid dienone is 1. The molecule has 16 heavy (non-hydrogen) atoms. The highest BCUT2D eigenvalue weighted by Gasteiger charge is 2.10. The predicted octanol–water partition coefficient (Wildman–Crippen LogP) is 3.94. The lowest BCUT2D eigenvalue weighted by molar-refractivity contribution is 0.199. The average Bonchev–Trinajstić information content (AvgIpc) is 2.30. The first-order valence-corrected chi connectivity index (χ1v) is 6.75. The second-order valence-corrected chi connectivity index (χ2v) is 5.58. The summed E-state index contributed by atoms with van der Waals surface area (Å²) in [5.41, 5.74) is 1.00. The molecule has 2 heteroatoms. The summed E-state index contributed by atoms with van der Waals surface area (Å²) in [6.07, 6.45) is 8.00. The molecule has 0 bridgehead atoms. The summed E-state index contributed by atoms with van der Waals surface area (Å²) in [5.74, 6) is 0. The normalized spacial score (nSPS) is 22.0. The summed E-state index contributed by atoms with van der Waals surface area (Å²) in [6.45, 7) is 1.81. The molecule has 0 amide bonds. The van der Waals surface area contributed by atoms with Gasteiger partial charge in [0.25, 0.3) is 0 Å². The van der Waals surface area contributed by atoms with Crippen LogP contribution in [0.5, 0.6) is 0 Å². The molecule has 2 atom stereocenters. The van der Waals surface area contributed by atoms with E-state index in [-0.39, 0.29) is 6.10 Å². The lowest BCUT2D eigenvalue weighted by Crippen LogP contribution is -2.02. The van der Waals surface area contributed by atoms with Crippen molar-refractivity contribution in [1.29, 1.82) is 0 Å². The number of aliphatic hydroxyl groups is 1. The second-order valence-electron chi connectivity index (χ2n) is 4.26. The van der Waals surface area contributed by atoms with E-state index in [2.05, 4.69) is 24.3 Å². The molecule has 0 radical (unpaired) electrons. The van der Waals surface area contributed by atoms with E-state index in [0.717, 1.165) is 5.56 Å². The molecule has 1 aromatic rings. The van der Waals surface area contributed by atoms with Crippen molar-refractivity contribution in [3.8, 4) is 0 Å². The van der Waals surface area contributed by atoms with E-state index < -0.39 is 0 Å². The first kappa shape index (κ1) is 11.7. The van der Waals surface area contributed by atoms with Crippen molar-refractivity contribution in [2.45, 2.75) is 42.4 Å². The Morgan fingerprint density at radius 2 is 2.31 bits per heavy atom. The first-order valence-electron chi connectivity index (χ1n) is 5.87. The molecule has 0 aliphatic heterocycles. The van der Waals surface area contributed by atoms with E-state index in [0.29, 0.717) is 5.25 Å². The molecule has 1 aliphatic carbocycles. The van der Waals surface area contributed by atoms with Gasteiger partial charge in [-0.25, -0.2) is 0 Å². The van der Waals surface area contributed by atoms with Crippen LogP contribution in [-0.2, 0) is 0 Å². The van der Waals surface area contributed by atoms with Gasteiger partial charge >= 0.3 is 0 Å². The van der Waals surface area contributed by atoms with E-state index in [1.807, 2.05) is 30.8 Å². The summed E-state index contributed by atoms with van der Waals surface area (Å²) < 4.78 is 0. The topological polar surface area (TPSA) is 20.2 Å². The predicted molar refractivity (Wildman–Crippen MR) is 69.7 cm³/mol. The molecular formula is C14H18OS. The Labute approximate surface area is 102 Å². The molecule has 1 aliphatic rings. The van der Waals surface area contributed by atoms with Crippen LogP contribution < -0.4 is 0 Å². The Hall–Kier alpha value is -0.730. The third-order valence-corrected chi connectivity index (χ3v) is 4.06. The highest BCUT2D eigenvalue weighted by molar-refractivity contribution is 8.00. The van der Waals surface area contributed by atoms with Crippen molar-refractivity contribution in [2.24, 2.45) is 0 Å². The number of aliphatic hydroxyl groups excluding tert-OH is 1. The SMILES string of the molecule is CC(O)c1cccc(SC2C=CCCC2)c1. The number of hydrogen-bond donors (Lipinski definition) is 1. The fourth-order valence-corrected chi connectivity index (χ4v) is 3.09.